The molecule has 0 saturated heterocycles. The molecule has 0 spiro atoms. The minimum atomic E-state index is -0.622. The third-order valence-corrected chi connectivity index (χ3v) is 5.81. The SMILES string of the molecule is CCOC(=O)c1c(-c2ccccc2)csc1NC(=O)c1c[nH]c2ccc(OC)cc2c1=O. The van der Waals surface area contributed by atoms with Gasteiger partial charge in [-0.1, -0.05) is 30.3 Å². The molecule has 7 nitrogen and oxygen atoms in total. The lowest BCUT2D eigenvalue weighted by atomic mass is 10.0. The van der Waals surface area contributed by atoms with Crippen molar-refractivity contribution in [3.63, 3.8) is 0 Å². The van der Waals surface area contributed by atoms with E-state index in [2.05, 4.69) is 10.3 Å². The van der Waals surface area contributed by atoms with E-state index in [-0.39, 0.29) is 17.7 Å². The molecule has 2 N–H and O–H groups in total. The fourth-order valence-electron chi connectivity index (χ4n) is 3.35. The van der Waals surface area contributed by atoms with Crippen molar-refractivity contribution in [2.24, 2.45) is 0 Å². The zero-order valence-electron chi connectivity index (χ0n) is 17.4. The Balaban J connectivity index is 1.74. The fourth-order valence-corrected chi connectivity index (χ4v) is 4.30. The molecule has 0 saturated carbocycles. The molecule has 0 fully saturated rings. The Bertz CT molecular complexity index is 1360. The number of aromatic amines is 1. The number of hydrogen-bond acceptors (Lipinski definition) is 6. The predicted octanol–water partition coefficient (Wildman–Crippen LogP) is 4.69. The van der Waals surface area contributed by atoms with Crippen molar-refractivity contribution in [3.05, 3.63) is 81.5 Å². The van der Waals surface area contributed by atoms with E-state index in [0.717, 1.165) is 5.56 Å². The number of amides is 1. The molecular formula is C24H20N2O5S. The molecule has 0 radical (unpaired) electrons. The molecule has 1 amide bonds. The maximum atomic E-state index is 13.0. The van der Waals surface area contributed by atoms with Crippen molar-refractivity contribution in [2.75, 3.05) is 19.0 Å². The van der Waals surface area contributed by atoms with Gasteiger partial charge in [0, 0.05) is 28.0 Å². The third-order valence-electron chi connectivity index (χ3n) is 4.92. The first-order valence-electron chi connectivity index (χ1n) is 9.88. The molecule has 0 aliphatic rings. The van der Waals surface area contributed by atoms with Crippen LogP contribution in [0.1, 0.15) is 27.6 Å². The first-order chi connectivity index (χ1) is 15.5. The zero-order chi connectivity index (χ0) is 22.7. The van der Waals surface area contributed by atoms with Crippen LogP contribution in [-0.4, -0.2) is 30.6 Å². The molecule has 4 rings (SSSR count). The summed E-state index contributed by atoms with van der Waals surface area (Å²) in [4.78, 5) is 41.6. The standard InChI is InChI=1S/C24H20N2O5S/c1-3-31-24(29)20-18(14-7-5-4-6-8-14)13-32-23(20)26-22(28)17-12-25-19-10-9-15(30-2)11-16(19)21(17)27/h4-13H,3H2,1-2H3,(H,25,27)(H,26,28). The zero-order valence-corrected chi connectivity index (χ0v) is 18.2. The number of carbonyl (C=O) groups is 2. The van der Waals surface area contributed by atoms with Gasteiger partial charge < -0.3 is 19.8 Å². The summed E-state index contributed by atoms with van der Waals surface area (Å²) in [5.41, 5.74) is 1.81. The molecule has 0 aliphatic carbocycles. The van der Waals surface area contributed by atoms with E-state index in [1.54, 1.807) is 30.5 Å². The number of thiophene rings is 1. The Morgan fingerprint density at radius 1 is 1.12 bits per heavy atom. The molecule has 0 unspecified atom stereocenters. The lowest BCUT2D eigenvalue weighted by Crippen LogP contribution is -2.22. The average molecular weight is 449 g/mol. The lowest BCUT2D eigenvalue weighted by molar-refractivity contribution is 0.0529. The number of H-pyrrole nitrogens is 1. The Labute approximate surface area is 187 Å². The van der Waals surface area contributed by atoms with Gasteiger partial charge >= 0.3 is 5.97 Å². The smallest absolute Gasteiger partial charge is 0.341 e. The van der Waals surface area contributed by atoms with Gasteiger partial charge in [0.2, 0.25) is 5.43 Å². The van der Waals surface area contributed by atoms with Gasteiger partial charge in [-0.15, -0.1) is 11.3 Å². The molecular weight excluding hydrogens is 428 g/mol. The van der Waals surface area contributed by atoms with Crippen LogP contribution in [0.4, 0.5) is 5.00 Å². The quantitative estimate of drug-likeness (QED) is 0.417. The molecule has 4 aromatic rings. The van der Waals surface area contributed by atoms with Crippen molar-refractivity contribution >= 4 is 39.1 Å². The second-order valence-corrected chi connectivity index (χ2v) is 7.72. The fraction of sp³-hybridized carbons (Fsp3) is 0.125. The van der Waals surface area contributed by atoms with Gasteiger partial charge in [0.1, 0.15) is 21.9 Å². The average Bonchev–Trinajstić information content (AvgIpc) is 3.23. The number of anilines is 1. The van der Waals surface area contributed by atoms with Gasteiger partial charge in [-0.2, -0.15) is 0 Å². The summed E-state index contributed by atoms with van der Waals surface area (Å²) >= 11 is 1.20. The Morgan fingerprint density at radius 2 is 1.91 bits per heavy atom. The Hall–Kier alpha value is -3.91. The van der Waals surface area contributed by atoms with E-state index in [0.29, 0.717) is 27.2 Å². The van der Waals surface area contributed by atoms with Gasteiger partial charge in [0.25, 0.3) is 5.91 Å². The van der Waals surface area contributed by atoms with Crippen LogP contribution in [0, 0.1) is 0 Å². The summed E-state index contributed by atoms with van der Waals surface area (Å²) in [7, 11) is 1.50. The largest absolute Gasteiger partial charge is 0.497 e. The van der Waals surface area contributed by atoms with Crippen LogP contribution < -0.4 is 15.5 Å². The van der Waals surface area contributed by atoms with Gasteiger partial charge in [-0.05, 0) is 30.7 Å². The van der Waals surface area contributed by atoms with Crippen LogP contribution in [0.5, 0.6) is 5.75 Å². The van der Waals surface area contributed by atoms with E-state index in [1.807, 2.05) is 30.3 Å². The number of benzene rings is 2. The van der Waals surface area contributed by atoms with E-state index in [4.69, 9.17) is 9.47 Å². The van der Waals surface area contributed by atoms with E-state index in [9.17, 15) is 14.4 Å². The minimum absolute atomic E-state index is 0.0739. The summed E-state index contributed by atoms with van der Waals surface area (Å²) in [6, 6.07) is 14.4. The van der Waals surface area contributed by atoms with Crippen LogP contribution >= 0.6 is 11.3 Å². The highest BCUT2D eigenvalue weighted by molar-refractivity contribution is 7.15. The first-order valence-corrected chi connectivity index (χ1v) is 10.8. The molecule has 2 heterocycles. The topological polar surface area (TPSA) is 97.5 Å². The number of esters is 1. The second kappa shape index (κ2) is 9.07. The van der Waals surface area contributed by atoms with Gasteiger partial charge in [-0.25, -0.2) is 4.79 Å². The highest BCUT2D eigenvalue weighted by Crippen LogP contribution is 2.36. The Kier molecular flexibility index (Phi) is 6.04. The first kappa shape index (κ1) is 21.3. The summed E-state index contributed by atoms with van der Waals surface area (Å²) in [5, 5.41) is 5.15. The van der Waals surface area contributed by atoms with Crippen molar-refractivity contribution in [2.45, 2.75) is 6.92 Å². The third kappa shape index (κ3) is 4.00. The molecule has 0 aliphatic heterocycles. The van der Waals surface area contributed by atoms with E-state index >= 15 is 0 Å². The normalized spacial score (nSPS) is 10.7. The number of nitrogens with one attached hydrogen (secondary N) is 2. The maximum absolute atomic E-state index is 13.0. The van der Waals surface area contributed by atoms with Crippen LogP contribution in [0.15, 0.2) is 64.9 Å². The molecule has 2 aromatic heterocycles. The van der Waals surface area contributed by atoms with Crippen LogP contribution in [0.25, 0.3) is 22.0 Å². The summed E-state index contributed by atoms with van der Waals surface area (Å²) in [6.07, 6.45) is 1.36. The summed E-state index contributed by atoms with van der Waals surface area (Å²) < 4.78 is 10.4. The Morgan fingerprint density at radius 3 is 2.62 bits per heavy atom. The van der Waals surface area contributed by atoms with Crippen LogP contribution in [0.3, 0.4) is 0 Å². The van der Waals surface area contributed by atoms with Gasteiger partial charge in [0.15, 0.2) is 0 Å². The number of aromatic nitrogens is 1. The van der Waals surface area contributed by atoms with E-state index < -0.39 is 17.3 Å². The molecule has 2 aromatic carbocycles. The molecule has 162 valence electrons. The van der Waals surface area contributed by atoms with E-state index in [1.165, 1.54) is 24.6 Å². The van der Waals surface area contributed by atoms with Gasteiger partial charge in [0.05, 0.1) is 13.7 Å². The second-order valence-electron chi connectivity index (χ2n) is 6.84. The summed E-state index contributed by atoms with van der Waals surface area (Å²) in [6.45, 7) is 1.91. The molecule has 8 heteroatoms. The van der Waals surface area contributed by atoms with Gasteiger partial charge in [-0.3, -0.25) is 9.59 Å². The number of hydrogen-bond donors (Lipinski definition) is 2. The molecule has 0 bridgehead atoms. The summed E-state index contributed by atoms with van der Waals surface area (Å²) in [5.74, 6) is -0.654. The number of carbonyl (C=O) groups excluding carboxylic acids is 2. The van der Waals surface area contributed by atoms with Crippen molar-refractivity contribution < 1.29 is 19.1 Å². The highest BCUT2D eigenvalue weighted by atomic mass is 32.1. The monoisotopic (exact) mass is 448 g/mol. The van der Waals surface area contributed by atoms with Crippen molar-refractivity contribution in [3.8, 4) is 16.9 Å². The number of rotatable bonds is 6. The number of pyridine rings is 1. The number of methoxy groups -OCH3 is 1. The van der Waals surface area contributed by atoms with Crippen molar-refractivity contribution in [1.29, 1.82) is 0 Å². The number of fused-ring (bicyclic) bond motifs is 1. The van der Waals surface area contributed by atoms with Crippen molar-refractivity contribution in [1.82, 2.24) is 4.98 Å². The molecule has 32 heavy (non-hydrogen) atoms. The minimum Gasteiger partial charge on any atom is -0.497 e. The number of ether oxygens (including phenoxy) is 2. The van der Waals surface area contributed by atoms with Crippen LogP contribution in [-0.2, 0) is 4.74 Å². The lowest BCUT2D eigenvalue weighted by Gasteiger charge is -2.09. The van der Waals surface area contributed by atoms with Crippen LogP contribution in [0.2, 0.25) is 0 Å². The highest BCUT2D eigenvalue weighted by Gasteiger charge is 2.24. The predicted molar refractivity (Wildman–Crippen MR) is 125 cm³/mol. The molecule has 0 atom stereocenters. The maximum Gasteiger partial charge on any atom is 0.341 e.